The highest BCUT2D eigenvalue weighted by Gasteiger charge is 2.30. The van der Waals surface area contributed by atoms with Gasteiger partial charge in [-0.1, -0.05) is 42.1 Å². The van der Waals surface area contributed by atoms with Gasteiger partial charge in [-0.15, -0.1) is 10.2 Å². The topological polar surface area (TPSA) is 100 Å². The fourth-order valence-corrected chi connectivity index (χ4v) is 4.26. The van der Waals surface area contributed by atoms with Gasteiger partial charge in [0.2, 0.25) is 10.0 Å². The number of hydrogen-bond donors (Lipinski definition) is 1. The molecule has 2 aromatic carbocycles. The third-order valence-electron chi connectivity index (χ3n) is 4.61. The van der Waals surface area contributed by atoms with Crippen molar-refractivity contribution >= 4 is 21.8 Å². The Morgan fingerprint density at radius 2 is 1.79 bits per heavy atom. The molecule has 9 heteroatoms. The second kappa shape index (κ2) is 8.56. The number of benzene rings is 2. The molecule has 0 bridgehead atoms. The molecular formula is C20H22N4O3S2. The zero-order valence-corrected chi connectivity index (χ0v) is 17.4. The van der Waals surface area contributed by atoms with Gasteiger partial charge in [0.1, 0.15) is 11.6 Å². The van der Waals surface area contributed by atoms with Gasteiger partial charge in [-0.3, -0.25) is 0 Å². The molecule has 4 rings (SSSR count). The number of primary sulfonamides is 1. The minimum Gasteiger partial charge on any atom is -0.493 e. The van der Waals surface area contributed by atoms with Crippen molar-refractivity contribution in [2.24, 2.45) is 5.14 Å². The second-order valence-electron chi connectivity index (χ2n) is 6.90. The summed E-state index contributed by atoms with van der Waals surface area (Å²) in [5.74, 6) is 2.89. The summed E-state index contributed by atoms with van der Waals surface area (Å²) >= 11 is 1.61. The maximum Gasteiger partial charge on any atom is 0.238 e. The Morgan fingerprint density at radius 1 is 1.07 bits per heavy atom. The summed E-state index contributed by atoms with van der Waals surface area (Å²) in [6.07, 6.45) is 2.35. The smallest absolute Gasteiger partial charge is 0.238 e. The molecule has 0 unspecified atom stereocenters. The second-order valence-corrected chi connectivity index (χ2v) is 9.52. The van der Waals surface area contributed by atoms with Crippen LogP contribution in [-0.4, -0.2) is 35.5 Å². The average Bonchev–Trinajstić information content (AvgIpc) is 3.48. The number of ether oxygens (including phenoxy) is 1. The normalized spacial score (nSPS) is 14.1. The number of nitrogens with zero attached hydrogens (tertiary/aromatic N) is 3. The quantitative estimate of drug-likeness (QED) is 0.414. The van der Waals surface area contributed by atoms with Crippen molar-refractivity contribution in [2.75, 3.05) is 12.4 Å². The Morgan fingerprint density at radius 3 is 2.45 bits per heavy atom. The lowest BCUT2D eigenvalue weighted by atomic mass is 10.2. The molecule has 0 amide bonds. The highest BCUT2D eigenvalue weighted by Crippen LogP contribution is 2.40. The fraction of sp³-hybridized carbons (Fsp3) is 0.300. The predicted octanol–water partition coefficient (Wildman–Crippen LogP) is 3.02. The minimum atomic E-state index is -3.69. The molecule has 1 aliphatic rings. The number of hydrogen-bond acceptors (Lipinski definition) is 6. The van der Waals surface area contributed by atoms with Crippen molar-refractivity contribution in [3.8, 4) is 5.75 Å². The van der Waals surface area contributed by atoms with Gasteiger partial charge in [0.25, 0.3) is 0 Å². The van der Waals surface area contributed by atoms with E-state index in [1.54, 1.807) is 23.9 Å². The first-order valence-electron chi connectivity index (χ1n) is 9.36. The average molecular weight is 431 g/mol. The van der Waals surface area contributed by atoms with Crippen LogP contribution in [0.2, 0.25) is 0 Å². The van der Waals surface area contributed by atoms with Gasteiger partial charge in [-0.05, 0) is 42.7 Å². The van der Waals surface area contributed by atoms with Crippen LogP contribution in [0.25, 0.3) is 0 Å². The highest BCUT2D eigenvalue weighted by molar-refractivity contribution is 7.99. The lowest BCUT2D eigenvalue weighted by Gasteiger charge is -2.10. The van der Waals surface area contributed by atoms with E-state index in [0.717, 1.165) is 17.5 Å². The maximum absolute atomic E-state index is 11.3. The molecule has 1 aliphatic carbocycles. The van der Waals surface area contributed by atoms with Crippen molar-refractivity contribution in [3.05, 3.63) is 66.0 Å². The summed E-state index contributed by atoms with van der Waals surface area (Å²) in [6.45, 7) is 1.23. The first-order chi connectivity index (χ1) is 14.0. The van der Waals surface area contributed by atoms with Crippen LogP contribution >= 0.6 is 11.8 Å². The standard InChI is InChI=1S/C20H22N4O3S2/c21-29(25,26)18-10-8-17(9-11-18)27-12-13-28-20-23-22-19(16-6-7-16)24(20)14-15-4-2-1-3-5-15/h1-5,8-11,16H,6-7,12-14H2,(H2,21,25,26). The van der Waals surface area contributed by atoms with E-state index in [0.29, 0.717) is 24.0 Å². The molecule has 29 heavy (non-hydrogen) atoms. The molecule has 1 heterocycles. The van der Waals surface area contributed by atoms with Crippen LogP contribution in [0.5, 0.6) is 5.75 Å². The predicted molar refractivity (Wildman–Crippen MR) is 112 cm³/mol. The first kappa shape index (κ1) is 19.9. The molecule has 0 spiro atoms. The molecular weight excluding hydrogens is 408 g/mol. The number of thioether (sulfide) groups is 1. The number of sulfonamides is 1. The van der Waals surface area contributed by atoms with Gasteiger partial charge in [-0.25, -0.2) is 13.6 Å². The van der Waals surface area contributed by atoms with Crippen molar-refractivity contribution in [1.29, 1.82) is 0 Å². The van der Waals surface area contributed by atoms with Crippen molar-refractivity contribution < 1.29 is 13.2 Å². The Bertz CT molecular complexity index is 1060. The molecule has 1 fully saturated rings. The van der Waals surface area contributed by atoms with Gasteiger partial charge in [0.05, 0.1) is 18.0 Å². The summed E-state index contributed by atoms with van der Waals surface area (Å²) in [5, 5.41) is 14.8. The molecule has 7 nitrogen and oxygen atoms in total. The molecule has 0 radical (unpaired) electrons. The van der Waals surface area contributed by atoms with Crippen molar-refractivity contribution in [3.63, 3.8) is 0 Å². The molecule has 0 saturated heterocycles. The van der Waals surface area contributed by atoms with Crippen molar-refractivity contribution in [2.45, 2.75) is 35.4 Å². The van der Waals surface area contributed by atoms with Crippen LogP contribution in [0.15, 0.2) is 64.6 Å². The molecule has 3 aromatic rings. The lowest BCUT2D eigenvalue weighted by molar-refractivity contribution is 0.343. The van der Waals surface area contributed by atoms with Gasteiger partial charge in [0.15, 0.2) is 5.16 Å². The summed E-state index contributed by atoms with van der Waals surface area (Å²) in [5.41, 5.74) is 1.22. The van der Waals surface area contributed by atoms with E-state index >= 15 is 0 Å². The number of rotatable bonds is 9. The van der Waals surface area contributed by atoms with Gasteiger partial charge in [-0.2, -0.15) is 0 Å². The Labute approximate surface area is 174 Å². The fourth-order valence-electron chi connectivity index (χ4n) is 2.98. The van der Waals surface area contributed by atoms with Crippen LogP contribution in [0.3, 0.4) is 0 Å². The molecule has 0 aliphatic heterocycles. The lowest BCUT2D eigenvalue weighted by Crippen LogP contribution is -2.11. The van der Waals surface area contributed by atoms with Crippen LogP contribution in [0, 0.1) is 0 Å². The zero-order chi connectivity index (χ0) is 20.3. The van der Waals surface area contributed by atoms with E-state index in [4.69, 9.17) is 9.88 Å². The number of aromatic nitrogens is 3. The molecule has 152 valence electrons. The van der Waals surface area contributed by atoms with Crippen LogP contribution in [0.1, 0.15) is 30.1 Å². The Kier molecular flexibility index (Phi) is 5.89. The van der Waals surface area contributed by atoms with Crippen molar-refractivity contribution in [1.82, 2.24) is 14.8 Å². The number of nitrogens with two attached hydrogens (primary N) is 1. The van der Waals surface area contributed by atoms with Crippen LogP contribution in [-0.2, 0) is 16.6 Å². The van der Waals surface area contributed by atoms with Gasteiger partial charge in [0, 0.05) is 11.7 Å². The van der Waals surface area contributed by atoms with Crippen LogP contribution < -0.4 is 9.88 Å². The summed E-state index contributed by atoms with van der Waals surface area (Å²) in [6, 6.07) is 16.4. The van der Waals surface area contributed by atoms with E-state index < -0.39 is 10.0 Å². The molecule has 1 saturated carbocycles. The summed E-state index contributed by atoms with van der Waals surface area (Å²) < 4.78 is 30.5. The van der Waals surface area contributed by atoms with E-state index in [1.165, 1.54) is 30.5 Å². The van der Waals surface area contributed by atoms with Gasteiger partial charge < -0.3 is 9.30 Å². The largest absolute Gasteiger partial charge is 0.493 e. The minimum absolute atomic E-state index is 0.0702. The van der Waals surface area contributed by atoms with E-state index in [2.05, 4.69) is 26.9 Å². The summed E-state index contributed by atoms with van der Waals surface area (Å²) in [7, 11) is -3.69. The maximum atomic E-state index is 11.3. The Hall–Kier alpha value is -2.36. The zero-order valence-electron chi connectivity index (χ0n) is 15.8. The molecule has 1 aromatic heterocycles. The SMILES string of the molecule is NS(=O)(=O)c1ccc(OCCSc2nnc(C3CC3)n2Cc2ccccc2)cc1. The monoisotopic (exact) mass is 430 g/mol. The van der Waals surface area contributed by atoms with Crippen LogP contribution in [0.4, 0.5) is 0 Å². The third-order valence-corrected chi connectivity index (χ3v) is 6.47. The highest BCUT2D eigenvalue weighted by atomic mass is 32.2. The van der Waals surface area contributed by atoms with Gasteiger partial charge >= 0.3 is 0 Å². The molecule has 2 N–H and O–H groups in total. The summed E-state index contributed by atoms with van der Waals surface area (Å²) in [4.78, 5) is 0.0702. The Balaban J connectivity index is 1.36. The van der Waals surface area contributed by atoms with E-state index in [-0.39, 0.29) is 4.90 Å². The molecule has 0 atom stereocenters. The third kappa shape index (κ3) is 5.17. The van der Waals surface area contributed by atoms with E-state index in [9.17, 15) is 8.42 Å². The van der Waals surface area contributed by atoms with E-state index in [1.807, 2.05) is 18.2 Å². The first-order valence-corrected chi connectivity index (χ1v) is 11.9.